The quantitative estimate of drug-likeness (QED) is 0.806. The van der Waals surface area contributed by atoms with Gasteiger partial charge in [-0.2, -0.15) is 0 Å². The zero-order valence-electron chi connectivity index (χ0n) is 11.6. The minimum Gasteiger partial charge on any atom is -0.387 e. The van der Waals surface area contributed by atoms with E-state index in [0.29, 0.717) is 17.6 Å². The number of rotatable bonds is 7. The number of halogens is 1. The van der Waals surface area contributed by atoms with E-state index in [1.165, 1.54) is 12.8 Å². The molecule has 2 unspecified atom stereocenters. The molecule has 1 saturated carbocycles. The third-order valence-electron chi connectivity index (χ3n) is 3.86. The summed E-state index contributed by atoms with van der Waals surface area (Å²) in [6, 6.07) is 8.71. The first kappa shape index (κ1) is 14.8. The number of hydrogen-bond acceptors (Lipinski definition) is 3. The normalized spacial score (nSPS) is 18.6. The maximum atomic E-state index is 10.1. The molecule has 3 nitrogen and oxygen atoms in total. The summed E-state index contributed by atoms with van der Waals surface area (Å²) in [4.78, 5) is 2.41. The fourth-order valence-corrected chi connectivity index (χ4v) is 2.53. The Labute approximate surface area is 120 Å². The summed E-state index contributed by atoms with van der Waals surface area (Å²) < 4.78 is 0. The largest absolute Gasteiger partial charge is 0.387 e. The summed E-state index contributed by atoms with van der Waals surface area (Å²) in [6.07, 6.45) is 2.10. The lowest BCUT2D eigenvalue weighted by atomic mass is 10.1. The molecule has 0 aromatic heterocycles. The van der Waals surface area contributed by atoms with E-state index in [2.05, 4.69) is 24.2 Å². The Hall–Kier alpha value is -0.610. The van der Waals surface area contributed by atoms with Crippen molar-refractivity contribution in [2.45, 2.75) is 38.0 Å². The molecule has 1 aromatic carbocycles. The van der Waals surface area contributed by atoms with Crippen LogP contribution in [0.5, 0.6) is 0 Å². The van der Waals surface area contributed by atoms with Crippen LogP contribution in [0.4, 0.5) is 0 Å². The molecule has 0 heterocycles. The number of hydrogen-bond donors (Lipinski definition) is 2. The Balaban J connectivity index is 1.74. The van der Waals surface area contributed by atoms with Gasteiger partial charge in [0.1, 0.15) is 0 Å². The standard InChI is InChI=1S/C15H23ClN2O/c1-11(18(2)12-7-8-12)9-17-10-15(19)13-5-3-4-6-14(13)16/h3-6,11-12,15,17,19H,7-10H2,1-2H3. The average Bonchev–Trinajstić information content (AvgIpc) is 3.22. The van der Waals surface area contributed by atoms with Crippen LogP contribution in [0, 0.1) is 0 Å². The molecular formula is C15H23ClN2O. The molecule has 1 aliphatic carbocycles. The molecule has 2 rings (SSSR count). The van der Waals surface area contributed by atoms with Crippen LogP contribution in [-0.2, 0) is 0 Å². The first-order valence-electron chi connectivity index (χ1n) is 6.94. The van der Waals surface area contributed by atoms with Gasteiger partial charge in [-0.3, -0.25) is 4.90 Å². The molecular weight excluding hydrogens is 260 g/mol. The second-order valence-corrected chi connectivity index (χ2v) is 5.85. The van der Waals surface area contributed by atoms with Crippen molar-refractivity contribution in [3.05, 3.63) is 34.9 Å². The van der Waals surface area contributed by atoms with Crippen molar-refractivity contribution in [3.8, 4) is 0 Å². The molecule has 19 heavy (non-hydrogen) atoms. The Bertz CT molecular complexity index is 409. The van der Waals surface area contributed by atoms with Gasteiger partial charge in [-0.25, -0.2) is 0 Å². The fourth-order valence-electron chi connectivity index (χ4n) is 2.27. The van der Waals surface area contributed by atoms with Crippen LogP contribution in [0.15, 0.2) is 24.3 Å². The topological polar surface area (TPSA) is 35.5 Å². The van der Waals surface area contributed by atoms with Gasteiger partial charge in [0.2, 0.25) is 0 Å². The van der Waals surface area contributed by atoms with Gasteiger partial charge in [-0.15, -0.1) is 0 Å². The molecule has 1 aromatic rings. The van der Waals surface area contributed by atoms with Gasteiger partial charge in [0.25, 0.3) is 0 Å². The van der Waals surface area contributed by atoms with Crippen LogP contribution in [-0.4, -0.2) is 42.2 Å². The first-order valence-corrected chi connectivity index (χ1v) is 7.32. The molecule has 0 saturated heterocycles. The Morgan fingerprint density at radius 2 is 2.05 bits per heavy atom. The summed E-state index contributed by atoms with van der Waals surface area (Å²) in [7, 11) is 2.18. The fraction of sp³-hybridized carbons (Fsp3) is 0.600. The number of aliphatic hydroxyl groups is 1. The van der Waals surface area contributed by atoms with Crippen molar-refractivity contribution >= 4 is 11.6 Å². The van der Waals surface area contributed by atoms with E-state index in [1.54, 1.807) is 0 Å². The van der Waals surface area contributed by atoms with Crippen LogP contribution in [0.1, 0.15) is 31.4 Å². The molecule has 2 N–H and O–H groups in total. The number of nitrogens with one attached hydrogen (secondary N) is 1. The zero-order chi connectivity index (χ0) is 13.8. The average molecular weight is 283 g/mol. The van der Waals surface area contributed by atoms with E-state index in [4.69, 9.17) is 11.6 Å². The van der Waals surface area contributed by atoms with Gasteiger partial charge >= 0.3 is 0 Å². The second kappa shape index (κ2) is 6.71. The third kappa shape index (κ3) is 4.18. The first-order chi connectivity index (χ1) is 9.09. The second-order valence-electron chi connectivity index (χ2n) is 5.44. The van der Waals surface area contributed by atoms with E-state index < -0.39 is 6.10 Å². The highest BCUT2D eigenvalue weighted by Crippen LogP contribution is 2.26. The monoisotopic (exact) mass is 282 g/mol. The zero-order valence-corrected chi connectivity index (χ0v) is 12.4. The number of likely N-dealkylation sites (N-methyl/N-ethyl adjacent to an activating group) is 1. The van der Waals surface area contributed by atoms with Crippen molar-refractivity contribution in [1.29, 1.82) is 0 Å². The van der Waals surface area contributed by atoms with Gasteiger partial charge in [0.05, 0.1) is 6.10 Å². The van der Waals surface area contributed by atoms with E-state index in [0.717, 1.165) is 18.2 Å². The summed E-state index contributed by atoms with van der Waals surface area (Å²) in [5.41, 5.74) is 0.792. The summed E-state index contributed by atoms with van der Waals surface area (Å²) in [6.45, 7) is 3.63. The van der Waals surface area contributed by atoms with E-state index in [-0.39, 0.29) is 0 Å². The molecule has 0 amide bonds. The molecule has 0 aliphatic heterocycles. The lowest BCUT2D eigenvalue weighted by Gasteiger charge is -2.25. The van der Waals surface area contributed by atoms with Gasteiger partial charge in [-0.1, -0.05) is 29.8 Å². The van der Waals surface area contributed by atoms with Gasteiger partial charge in [0, 0.05) is 35.8 Å². The van der Waals surface area contributed by atoms with Gasteiger partial charge in [-0.05, 0) is 32.9 Å². The van der Waals surface area contributed by atoms with Crippen molar-refractivity contribution in [1.82, 2.24) is 10.2 Å². The Kier molecular flexibility index (Phi) is 5.22. The molecule has 1 fully saturated rings. The minimum atomic E-state index is -0.549. The predicted molar refractivity (Wildman–Crippen MR) is 79.5 cm³/mol. The number of aliphatic hydroxyl groups excluding tert-OH is 1. The maximum absolute atomic E-state index is 10.1. The van der Waals surface area contributed by atoms with Crippen molar-refractivity contribution < 1.29 is 5.11 Å². The molecule has 4 heteroatoms. The summed E-state index contributed by atoms with van der Waals surface area (Å²) in [5.74, 6) is 0. The van der Waals surface area contributed by atoms with Crippen LogP contribution in [0.2, 0.25) is 5.02 Å². The van der Waals surface area contributed by atoms with Crippen molar-refractivity contribution in [2.75, 3.05) is 20.1 Å². The minimum absolute atomic E-state index is 0.492. The molecule has 0 bridgehead atoms. The lowest BCUT2D eigenvalue weighted by Crippen LogP contribution is -2.40. The molecule has 0 spiro atoms. The summed E-state index contributed by atoms with van der Waals surface area (Å²) >= 11 is 6.06. The van der Waals surface area contributed by atoms with Crippen molar-refractivity contribution in [2.24, 2.45) is 0 Å². The third-order valence-corrected chi connectivity index (χ3v) is 4.20. The Morgan fingerprint density at radius 1 is 1.37 bits per heavy atom. The van der Waals surface area contributed by atoms with Crippen LogP contribution >= 0.6 is 11.6 Å². The highest BCUT2D eigenvalue weighted by atomic mass is 35.5. The predicted octanol–water partition coefficient (Wildman–Crippen LogP) is 2.45. The lowest BCUT2D eigenvalue weighted by molar-refractivity contribution is 0.167. The SMILES string of the molecule is CC(CNCC(O)c1ccccc1Cl)N(C)C1CC1. The number of nitrogens with zero attached hydrogens (tertiary/aromatic N) is 1. The van der Waals surface area contributed by atoms with E-state index >= 15 is 0 Å². The Morgan fingerprint density at radius 3 is 2.68 bits per heavy atom. The maximum Gasteiger partial charge on any atom is 0.0928 e. The van der Waals surface area contributed by atoms with Crippen LogP contribution in [0.25, 0.3) is 0 Å². The molecule has 1 aliphatic rings. The highest BCUT2D eigenvalue weighted by Gasteiger charge is 2.28. The molecule has 2 atom stereocenters. The van der Waals surface area contributed by atoms with Crippen LogP contribution in [0.3, 0.4) is 0 Å². The molecule has 0 radical (unpaired) electrons. The smallest absolute Gasteiger partial charge is 0.0928 e. The molecule has 106 valence electrons. The van der Waals surface area contributed by atoms with E-state index in [1.807, 2.05) is 24.3 Å². The van der Waals surface area contributed by atoms with Gasteiger partial charge < -0.3 is 10.4 Å². The highest BCUT2D eigenvalue weighted by molar-refractivity contribution is 6.31. The van der Waals surface area contributed by atoms with Crippen LogP contribution < -0.4 is 5.32 Å². The summed E-state index contributed by atoms with van der Waals surface area (Å²) in [5, 5.41) is 14.1. The van der Waals surface area contributed by atoms with Crippen molar-refractivity contribution in [3.63, 3.8) is 0 Å². The van der Waals surface area contributed by atoms with E-state index in [9.17, 15) is 5.11 Å². The van der Waals surface area contributed by atoms with Gasteiger partial charge in [0.15, 0.2) is 0 Å². The number of benzene rings is 1.